The van der Waals surface area contributed by atoms with Gasteiger partial charge in [-0.1, -0.05) is 103 Å². The SMILES string of the molecule is c1ccc(-c2nc(-c3ccccc3)c3sc4cc(-n5c6ccccc6c6ccc7c8ccccc8oc7c65)ccc4c3n2)cc1. The third-order valence-corrected chi connectivity index (χ3v) is 9.96. The van der Waals surface area contributed by atoms with Crippen LogP contribution in [0.5, 0.6) is 0 Å². The number of nitrogens with zero attached hydrogens (tertiary/aromatic N) is 3. The second kappa shape index (κ2) is 9.36. The molecule has 0 amide bonds. The molecule has 0 aliphatic carbocycles. The predicted molar refractivity (Wildman–Crippen MR) is 187 cm³/mol. The van der Waals surface area contributed by atoms with Crippen molar-refractivity contribution in [2.24, 2.45) is 0 Å². The first kappa shape index (κ1) is 24.6. The van der Waals surface area contributed by atoms with E-state index in [0.717, 1.165) is 76.9 Å². The molecule has 0 N–H and O–H groups in total. The van der Waals surface area contributed by atoms with Crippen molar-refractivity contribution in [3.8, 4) is 28.3 Å². The van der Waals surface area contributed by atoms with Gasteiger partial charge < -0.3 is 8.98 Å². The maximum Gasteiger partial charge on any atom is 0.160 e. The summed E-state index contributed by atoms with van der Waals surface area (Å²) in [6, 6.07) is 48.8. The third kappa shape index (κ3) is 3.59. The molecule has 5 heteroatoms. The molecule has 0 radical (unpaired) electrons. The van der Waals surface area contributed by atoms with E-state index >= 15 is 0 Å². The molecule has 4 heterocycles. The number of hydrogen-bond acceptors (Lipinski definition) is 4. The number of rotatable bonds is 3. The Hall–Kier alpha value is -5.78. The van der Waals surface area contributed by atoms with Crippen LogP contribution in [0, 0.1) is 0 Å². The second-order valence-electron chi connectivity index (χ2n) is 11.4. The molecule has 45 heavy (non-hydrogen) atoms. The normalized spacial score (nSPS) is 12.0. The smallest absolute Gasteiger partial charge is 0.160 e. The van der Waals surface area contributed by atoms with Crippen molar-refractivity contribution in [2.45, 2.75) is 0 Å². The zero-order valence-corrected chi connectivity index (χ0v) is 24.8. The summed E-state index contributed by atoms with van der Waals surface area (Å²) in [6.07, 6.45) is 0. The first-order valence-electron chi connectivity index (χ1n) is 15.0. The number of thiophene rings is 1. The van der Waals surface area contributed by atoms with E-state index < -0.39 is 0 Å². The van der Waals surface area contributed by atoms with Crippen LogP contribution in [-0.2, 0) is 0 Å². The van der Waals surface area contributed by atoms with Crippen LogP contribution in [0.25, 0.3) is 92.4 Å². The lowest BCUT2D eigenvalue weighted by molar-refractivity contribution is 0.671. The molecule has 0 spiro atoms. The van der Waals surface area contributed by atoms with Gasteiger partial charge in [-0.2, -0.15) is 0 Å². The number of furan rings is 1. The molecule has 0 fully saturated rings. The molecule has 4 nitrogen and oxygen atoms in total. The number of para-hydroxylation sites is 2. The highest BCUT2D eigenvalue weighted by molar-refractivity contribution is 7.26. The summed E-state index contributed by atoms with van der Waals surface area (Å²) in [5.41, 5.74) is 9.17. The lowest BCUT2D eigenvalue weighted by atomic mass is 10.1. The highest BCUT2D eigenvalue weighted by Gasteiger charge is 2.21. The topological polar surface area (TPSA) is 43.9 Å². The lowest BCUT2D eigenvalue weighted by Crippen LogP contribution is -1.94. The Labute approximate surface area is 261 Å². The van der Waals surface area contributed by atoms with Crippen LogP contribution in [0.15, 0.2) is 144 Å². The second-order valence-corrected chi connectivity index (χ2v) is 12.4. The zero-order valence-electron chi connectivity index (χ0n) is 23.9. The number of fused-ring (bicyclic) bond motifs is 10. The molecule has 4 aromatic heterocycles. The van der Waals surface area contributed by atoms with Crippen LogP contribution in [0.2, 0.25) is 0 Å². The Morgan fingerprint density at radius 3 is 2.09 bits per heavy atom. The van der Waals surface area contributed by atoms with Gasteiger partial charge in [0, 0.05) is 48.4 Å². The fourth-order valence-electron chi connectivity index (χ4n) is 6.78. The van der Waals surface area contributed by atoms with Crippen LogP contribution in [0.1, 0.15) is 0 Å². The number of hydrogen-bond donors (Lipinski definition) is 0. The van der Waals surface area contributed by atoms with Crippen molar-refractivity contribution >= 4 is 75.4 Å². The minimum atomic E-state index is 0.736. The molecule has 10 rings (SSSR count). The fraction of sp³-hybridized carbons (Fsp3) is 0. The molecule has 0 unspecified atom stereocenters. The summed E-state index contributed by atoms with van der Waals surface area (Å²) in [5.74, 6) is 0.736. The molecule has 0 saturated heterocycles. The van der Waals surface area contributed by atoms with Gasteiger partial charge in [-0.15, -0.1) is 11.3 Å². The van der Waals surface area contributed by atoms with Gasteiger partial charge in [-0.3, -0.25) is 0 Å². The van der Waals surface area contributed by atoms with E-state index in [-0.39, 0.29) is 0 Å². The van der Waals surface area contributed by atoms with Crippen LogP contribution in [-0.4, -0.2) is 14.5 Å². The molecule has 0 atom stereocenters. The van der Waals surface area contributed by atoms with E-state index in [4.69, 9.17) is 14.4 Å². The molecule has 0 bridgehead atoms. The minimum Gasteiger partial charge on any atom is -0.454 e. The van der Waals surface area contributed by atoms with Crippen molar-refractivity contribution in [1.82, 2.24) is 14.5 Å². The molecule has 0 saturated carbocycles. The Balaban J connectivity index is 1.28. The number of aromatic nitrogens is 3. The summed E-state index contributed by atoms with van der Waals surface area (Å²) < 4.78 is 11.2. The molecule has 210 valence electrons. The summed E-state index contributed by atoms with van der Waals surface area (Å²) >= 11 is 1.75. The third-order valence-electron chi connectivity index (χ3n) is 8.81. The van der Waals surface area contributed by atoms with Gasteiger partial charge in [0.1, 0.15) is 5.58 Å². The largest absolute Gasteiger partial charge is 0.454 e. The van der Waals surface area contributed by atoms with E-state index in [9.17, 15) is 0 Å². The van der Waals surface area contributed by atoms with Gasteiger partial charge in [-0.05, 0) is 36.4 Å². The summed E-state index contributed by atoms with van der Waals surface area (Å²) in [5, 5.41) is 5.77. The van der Waals surface area contributed by atoms with Crippen molar-refractivity contribution in [3.63, 3.8) is 0 Å². The average Bonchev–Trinajstić information content (AvgIpc) is 3.78. The number of benzene rings is 6. The minimum absolute atomic E-state index is 0.736. The average molecular weight is 594 g/mol. The Morgan fingerprint density at radius 1 is 0.556 bits per heavy atom. The predicted octanol–water partition coefficient (Wildman–Crippen LogP) is 11.2. The highest BCUT2D eigenvalue weighted by atomic mass is 32.1. The van der Waals surface area contributed by atoms with Crippen LogP contribution < -0.4 is 0 Å². The monoisotopic (exact) mass is 593 g/mol. The van der Waals surface area contributed by atoms with Gasteiger partial charge in [0.25, 0.3) is 0 Å². The standard InChI is InChI=1S/C40H23N3OS/c1-3-11-24(12-4-1)35-39-36(42-40(41-35)25-13-5-2-6-14-25)31-20-19-26(23-34(31)45-39)43-32-17-9-7-15-27(32)29-21-22-30-28-16-8-10-18-33(28)44-38(30)37(29)43/h1-23H. The van der Waals surface area contributed by atoms with Gasteiger partial charge in [0.2, 0.25) is 0 Å². The Bertz CT molecular complexity index is 2760. The van der Waals surface area contributed by atoms with Crippen molar-refractivity contribution < 1.29 is 4.42 Å². The quantitative estimate of drug-likeness (QED) is 0.205. The van der Waals surface area contributed by atoms with Crippen LogP contribution >= 0.6 is 11.3 Å². The molecule has 0 aliphatic rings. The van der Waals surface area contributed by atoms with E-state index in [1.165, 1.54) is 15.5 Å². The fourth-order valence-corrected chi connectivity index (χ4v) is 7.96. The molecular weight excluding hydrogens is 571 g/mol. The van der Waals surface area contributed by atoms with Crippen LogP contribution in [0.3, 0.4) is 0 Å². The van der Waals surface area contributed by atoms with Crippen molar-refractivity contribution in [2.75, 3.05) is 0 Å². The van der Waals surface area contributed by atoms with E-state index in [1.54, 1.807) is 11.3 Å². The summed E-state index contributed by atoms with van der Waals surface area (Å²) in [4.78, 5) is 10.3. The van der Waals surface area contributed by atoms with Crippen molar-refractivity contribution in [1.29, 1.82) is 0 Å². The first-order chi connectivity index (χ1) is 22.3. The van der Waals surface area contributed by atoms with Crippen molar-refractivity contribution in [3.05, 3.63) is 140 Å². The Morgan fingerprint density at radius 2 is 1.24 bits per heavy atom. The summed E-state index contributed by atoms with van der Waals surface area (Å²) in [6.45, 7) is 0. The maximum absolute atomic E-state index is 6.58. The molecule has 6 aromatic carbocycles. The van der Waals surface area contributed by atoms with Crippen LogP contribution in [0.4, 0.5) is 0 Å². The van der Waals surface area contributed by atoms with E-state index in [1.807, 2.05) is 36.4 Å². The van der Waals surface area contributed by atoms with E-state index in [2.05, 4.69) is 108 Å². The Kier molecular flexibility index (Phi) is 5.12. The van der Waals surface area contributed by atoms with E-state index in [0.29, 0.717) is 0 Å². The zero-order chi connectivity index (χ0) is 29.5. The highest BCUT2D eigenvalue weighted by Crippen LogP contribution is 2.43. The van der Waals surface area contributed by atoms with Gasteiger partial charge >= 0.3 is 0 Å². The maximum atomic E-state index is 6.58. The molecular formula is C40H23N3OS. The molecule has 10 aromatic rings. The van der Waals surface area contributed by atoms with Gasteiger partial charge in [0.15, 0.2) is 11.4 Å². The van der Waals surface area contributed by atoms with Gasteiger partial charge in [-0.25, -0.2) is 9.97 Å². The lowest BCUT2D eigenvalue weighted by Gasteiger charge is -2.08. The van der Waals surface area contributed by atoms with Gasteiger partial charge in [0.05, 0.1) is 26.9 Å². The summed E-state index contributed by atoms with van der Waals surface area (Å²) in [7, 11) is 0. The molecule has 0 aliphatic heterocycles. The first-order valence-corrected chi connectivity index (χ1v) is 15.8.